The van der Waals surface area contributed by atoms with Crippen molar-refractivity contribution in [2.45, 2.75) is 78.9 Å². The van der Waals surface area contributed by atoms with Gasteiger partial charge in [0, 0.05) is 10.2 Å². The molecule has 0 fully saturated rings. The summed E-state index contributed by atoms with van der Waals surface area (Å²) in [4.78, 5) is 51.8. The van der Waals surface area contributed by atoms with E-state index >= 15 is 0 Å². The van der Waals surface area contributed by atoms with Gasteiger partial charge in [-0.2, -0.15) is 11.8 Å². The number of carbonyl (C=O) groups is 4. The van der Waals surface area contributed by atoms with Gasteiger partial charge < -0.3 is 20.7 Å². The zero-order chi connectivity index (χ0) is 28.0. The van der Waals surface area contributed by atoms with Gasteiger partial charge in [0.15, 0.2) is 5.78 Å². The monoisotopic (exact) mass is 541 g/mol. The van der Waals surface area contributed by atoms with Crippen molar-refractivity contribution in [3.63, 3.8) is 0 Å². The van der Waals surface area contributed by atoms with Crippen LogP contribution in [0.4, 0.5) is 4.79 Å². The number of hydrogen-bond donors (Lipinski definition) is 3. The van der Waals surface area contributed by atoms with E-state index in [0.717, 1.165) is 5.56 Å². The van der Waals surface area contributed by atoms with Crippen molar-refractivity contribution in [1.82, 2.24) is 16.0 Å². The lowest BCUT2D eigenvalue weighted by Gasteiger charge is -2.27. The van der Waals surface area contributed by atoms with Gasteiger partial charge in [-0.3, -0.25) is 14.4 Å². The van der Waals surface area contributed by atoms with Gasteiger partial charge in [-0.15, -0.1) is 0 Å². The van der Waals surface area contributed by atoms with Crippen LogP contribution in [0.15, 0.2) is 30.3 Å². The quantitative estimate of drug-likeness (QED) is 0.279. The maximum Gasteiger partial charge on any atom is 0.407 e. The van der Waals surface area contributed by atoms with Crippen LogP contribution in [0, 0.1) is 17.8 Å². The molecule has 0 aromatic heterocycles. The molecule has 0 spiro atoms. The average Bonchev–Trinajstić information content (AvgIpc) is 2.84. The number of benzene rings is 1. The standard InChI is InChI=1S/C28H45N3O5S.3H2/c1-18(2)15-24(30-26(33)22(13-14-37-7)31-28(35)36-17-19(3)4)27(34)29-23(25(32)20(5)6)16-21-11-9-8-10-12-21;;;/h8-12,18-20,22-24H,13-17H2,1-7H3,(H,29,34)(H,30,33)(H,31,35);3*1H. The molecule has 1 aromatic rings. The fourth-order valence-corrected chi connectivity index (χ4v) is 4.12. The van der Waals surface area contributed by atoms with E-state index < -0.39 is 36.0 Å². The lowest BCUT2D eigenvalue weighted by atomic mass is 9.94. The highest BCUT2D eigenvalue weighted by molar-refractivity contribution is 7.98. The summed E-state index contributed by atoms with van der Waals surface area (Å²) in [5, 5.41) is 8.36. The van der Waals surface area contributed by atoms with Gasteiger partial charge in [0.1, 0.15) is 12.1 Å². The maximum absolute atomic E-state index is 13.4. The van der Waals surface area contributed by atoms with E-state index in [1.165, 1.54) is 0 Å². The molecule has 3 N–H and O–H groups in total. The molecule has 0 saturated carbocycles. The molecular formula is C28H51N3O5S. The Morgan fingerprint density at radius 3 is 1.97 bits per heavy atom. The molecule has 3 atom stereocenters. The topological polar surface area (TPSA) is 114 Å². The summed E-state index contributed by atoms with van der Waals surface area (Å²) in [6, 6.07) is 7.12. The molecule has 0 saturated heterocycles. The molecule has 0 aliphatic carbocycles. The summed E-state index contributed by atoms with van der Waals surface area (Å²) in [7, 11) is 0. The lowest BCUT2D eigenvalue weighted by Crippen LogP contribution is -2.56. The van der Waals surface area contributed by atoms with E-state index in [1.54, 1.807) is 25.6 Å². The van der Waals surface area contributed by atoms with Crippen LogP contribution >= 0.6 is 11.8 Å². The number of ether oxygens (including phenoxy) is 1. The van der Waals surface area contributed by atoms with Gasteiger partial charge in [0.05, 0.1) is 12.6 Å². The van der Waals surface area contributed by atoms with Crippen LogP contribution < -0.4 is 16.0 Å². The minimum absolute atomic E-state index is 0. The van der Waals surface area contributed by atoms with Crippen LogP contribution in [0.3, 0.4) is 0 Å². The minimum atomic E-state index is -0.851. The highest BCUT2D eigenvalue weighted by Gasteiger charge is 2.31. The van der Waals surface area contributed by atoms with E-state index in [9.17, 15) is 19.2 Å². The Bertz CT molecular complexity index is 876. The number of carbonyl (C=O) groups excluding carboxylic acids is 4. The fraction of sp³-hybridized carbons (Fsp3) is 0.643. The predicted octanol–water partition coefficient (Wildman–Crippen LogP) is 4.71. The Morgan fingerprint density at radius 1 is 0.838 bits per heavy atom. The van der Waals surface area contributed by atoms with Crippen LogP contribution in [0.2, 0.25) is 0 Å². The third-order valence-corrected chi connectivity index (χ3v) is 6.26. The Kier molecular flexibility index (Phi) is 15.0. The number of ketones is 1. The first kappa shape index (κ1) is 32.5. The highest BCUT2D eigenvalue weighted by atomic mass is 32.2. The van der Waals surface area contributed by atoms with Crippen molar-refractivity contribution in [2.24, 2.45) is 17.8 Å². The van der Waals surface area contributed by atoms with Gasteiger partial charge in [-0.25, -0.2) is 4.79 Å². The smallest absolute Gasteiger partial charge is 0.407 e. The average molecular weight is 542 g/mol. The van der Waals surface area contributed by atoms with Gasteiger partial charge >= 0.3 is 6.09 Å². The van der Waals surface area contributed by atoms with Crippen LogP contribution in [-0.2, 0) is 25.5 Å². The number of amides is 3. The molecule has 0 aliphatic rings. The Morgan fingerprint density at radius 2 is 1.43 bits per heavy atom. The number of thioether (sulfide) groups is 1. The molecule has 0 aliphatic heterocycles. The molecule has 3 unspecified atom stereocenters. The van der Waals surface area contributed by atoms with E-state index in [1.807, 2.05) is 64.3 Å². The number of nitrogens with one attached hydrogen (secondary N) is 3. The molecule has 0 heterocycles. The third kappa shape index (κ3) is 13.0. The van der Waals surface area contributed by atoms with Crippen LogP contribution in [0.1, 0.15) is 64.2 Å². The SMILES string of the molecule is CSCCC(NC(=O)OCC(C)C)C(=O)NC(CC(C)C)C(=O)NC(Cc1ccccc1)C(=O)C(C)C.[HH].[HH].[HH]. The molecule has 214 valence electrons. The molecule has 3 amide bonds. The molecule has 37 heavy (non-hydrogen) atoms. The lowest BCUT2D eigenvalue weighted by molar-refractivity contribution is -0.133. The first-order valence-electron chi connectivity index (χ1n) is 13.0. The van der Waals surface area contributed by atoms with Crippen LogP contribution in [0.5, 0.6) is 0 Å². The molecule has 8 nitrogen and oxygen atoms in total. The van der Waals surface area contributed by atoms with Gasteiger partial charge in [0.25, 0.3) is 0 Å². The van der Waals surface area contributed by atoms with Crippen LogP contribution in [0.25, 0.3) is 0 Å². The molecule has 9 heteroatoms. The van der Waals surface area contributed by atoms with Crippen LogP contribution in [-0.4, -0.2) is 60.4 Å². The summed E-state index contributed by atoms with van der Waals surface area (Å²) in [6.07, 6.45) is 2.40. The predicted molar refractivity (Wildman–Crippen MR) is 156 cm³/mol. The zero-order valence-electron chi connectivity index (χ0n) is 23.3. The number of alkyl carbamates (subject to hydrolysis) is 1. The number of Topliss-reactive ketones (excluding diaryl/α,β-unsaturated/α-hetero) is 1. The maximum atomic E-state index is 13.4. The highest BCUT2D eigenvalue weighted by Crippen LogP contribution is 2.12. The van der Waals surface area contributed by atoms with Gasteiger partial charge in [-0.05, 0) is 48.7 Å². The van der Waals surface area contributed by atoms with E-state index in [4.69, 9.17) is 4.74 Å². The molecule has 0 radical (unpaired) electrons. The van der Waals surface area contributed by atoms with Crippen molar-refractivity contribution >= 4 is 35.5 Å². The summed E-state index contributed by atoms with van der Waals surface area (Å²) >= 11 is 1.55. The van der Waals surface area contributed by atoms with Crippen molar-refractivity contribution in [3.05, 3.63) is 35.9 Å². The molecule has 0 bridgehead atoms. The van der Waals surface area contributed by atoms with Crippen molar-refractivity contribution in [1.29, 1.82) is 0 Å². The van der Waals surface area contributed by atoms with Crippen molar-refractivity contribution in [3.8, 4) is 0 Å². The summed E-state index contributed by atoms with van der Waals surface area (Å²) < 4.78 is 5.19. The van der Waals surface area contributed by atoms with Gasteiger partial charge in [0.2, 0.25) is 11.8 Å². The summed E-state index contributed by atoms with van der Waals surface area (Å²) in [5.74, 6) is -0.276. The van der Waals surface area contributed by atoms with Gasteiger partial charge in [-0.1, -0.05) is 71.9 Å². The molecule has 1 rings (SSSR count). The van der Waals surface area contributed by atoms with E-state index in [0.29, 0.717) is 25.0 Å². The Hall–Kier alpha value is -2.55. The zero-order valence-corrected chi connectivity index (χ0v) is 24.2. The summed E-state index contributed by atoms with van der Waals surface area (Å²) in [6.45, 7) is 11.6. The van der Waals surface area contributed by atoms with E-state index in [-0.39, 0.29) is 34.4 Å². The molecular weight excluding hydrogens is 490 g/mol. The second-order valence-electron chi connectivity index (χ2n) is 10.5. The summed E-state index contributed by atoms with van der Waals surface area (Å²) in [5.41, 5.74) is 0.937. The van der Waals surface area contributed by atoms with Crippen molar-refractivity contribution < 1.29 is 28.2 Å². The largest absolute Gasteiger partial charge is 0.449 e. The number of rotatable bonds is 16. The second-order valence-corrected chi connectivity index (χ2v) is 11.5. The fourth-order valence-electron chi connectivity index (χ4n) is 3.65. The Balaban J connectivity index is -0.00000456. The second kappa shape index (κ2) is 17.1. The first-order valence-corrected chi connectivity index (χ1v) is 14.4. The number of hydrogen-bond acceptors (Lipinski definition) is 6. The van der Waals surface area contributed by atoms with Crippen molar-refractivity contribution in [2.75, 3.05) is 18.6 Å². The first-order chi connectivity index (χ1) is 17.4. The van der Waals surface area contributed by atoms with E-state index in [2.05, 4.69) is 16.0 Å². The Labute approximate surface area is 230 Å². The third-order valence-electron chi connectivity index (χ3n) is 5.62. The minimum Gasteiger partial charge on any atom is -0.449 e. The molecule has 1 aromatic carbocycles. The normalized spacial score (nSPS) is 13.7.